The Kier molecular flexibility index (Phi) is 4.14. The van der Waals surface area contributed by atoms with Gasteiger partial charge in [0.05, 0.1) is 12.2 Å². The summed E-state index contributed by atoms with van der Waals surface area (Å²) in [5, 5.41) is 15.8. The summed E-state index contributed by atoms with van der Waals surface area (Å²) >= 11 is 0. The van der Waals surface area contributed by atoms with E-state index in [1.807, 2.05) is 13.8 Å². The van der Waals surface area contributed by atoms with Gasteiger partial charge >= 0.3 is 6.03 Å². The summed E-state index contributed by atoms with van der Waals surface area (Å²) in [5.74, 6) is 0.645. The normalized spacial score (nSPS) is 34.6. The maximum atomic E-state index is 12.1. The minimum Gasteiger partial charge on any atom is -0.391 e. The third kappa shape index (κ3) is 2.55. The standard InChI is InChI=1S/C16H28N2O3/c1-10(2)12(19)9-17-15(20)18-13-11-5-8-21-14(11)16(13)6-3-4-7-16/h10-14,19H,3-9H2,1-2H3,(H2,17,18,20). The van der Waals surface area contributed by atoms with Crippen LogP contribution in [0.5, 0.6) is 0 Å². The van der Waals surface area contributed by atoms with Crippen LogP contribution in [0.15, 0.2) is 0 Å². The van der Waals surface area contributed by atoms with Crippen LogP contribution in [0.4, 0.5) is 4.79 Å². The Morgan fingerprint density at radius 3 is 2.76 bits per heavy atom. The molecular formula is C16H28N2O3. The number of rotatable bonds is 4. The van der Waals surface area contributed by atoms with E-state index >= 15 is 0 Å². The van der Waals surface area contributed by atoms with Crippen molar-refractivity contribution >= 4 is 6.03 Å². The molecule has 3 rings (SSSR count). The van der Waals surface area contributed by atoms with Gasteiger partial charge in [-0.15, -0.1) is 0 Å². The lowest BCUT2D eigenvalue weighted by Crippen LogP contribution is -2.69. The quantitative estimate of drug-likeness (QED) is 0.739. The zero-order valence-corrected chi connectivity index (χ0v) is 13.1. The average molecular weight is 296 g/mol. The van der Waals surface area contributed by atoms with Crippen molar-refractivity contribution in [3.63, 3.8) is 0 Å². The van der Waals surface area contributed by atoms with Crippen LogP contribution >= 0.6 is 0 Å². The van der Waals surface area contributed by atoms with Crippen LogP contribution < -0.4 is 10.6 Å². The highest BCUT2D eigenvalue weighted by Gasteiger charge is 2.65. The van der Waals surface area contributed by atoms with E-state index in [0.717, 1.165) is 13.0 Å². The molecule has 0 aromatic carbocycles. The molecule has 1 spiro atoms. The molecule has 4 atom stereocenters. The fraction of sp³-hybridized carbons (Fsp3) is 0.938. The number of ether oxygens (including phenoxy) is 1. The van der Waals surface area contributed by atoms with E-state index in [9.17, 15) is 9.90 Å². The van der Waals surface area contributed by atoms with Crippen LogP contribution in [0.3, 0.4) is 0 Å². The predicted octanol–water partition coefficient (Wildman–Crippen LogP) is 1.65. The first kappa shape index (κ1) is 15.1. The first-order chi connectivity index (χ1) is 10.0. The largest absolute Gasteiger partial charge is 0.391 e. The summed E-state index contributed by atoms with van der Waals surface area (Å²) in [7, 11) is 0. The predicted molar refractivity (Wildman–Crippen MR) is 79.9 cm³/mol. The highest BCUT2D eigenvalue weighted by molar-refractivity contribution is 5.74. The Hall–Kier alpha value is -0.810. The lowest BCUT2D eigenvalue weighted by molar-refractivity contribution is -0.126. The summed E-state index contributed by atoms with van der Waals surface area (Å²) in [6, 6.07) is 0.111. The van der Waals surface area contributed by atoms with Gasteiger partial charge in [-0.05, 0) is 25.2 Å². The number of aliphatic hydroxyl groups is 1. The molecule has 2 saturated carbocycles. The van der Waals surface area contributed by atoms with E-state index < -0.39 is 6.10 Å². The highest BCUT2D eigenvalue weighted by Crippen LogP contribution is 2.60. The summed E-state index contributed by atoms with van der Waals surface area (Å²) < 4.78 is 5.92. The van der Waals surface area contributed by atoms with E-state index in [0.29, 0.717) is 18.6 Å². The molecule has 5 nitrogen and oxygen atoms in total. The smallest absolute Gasteiger partial charge is 0.315 e. The van der Waals surface area contributed by atoms with Crippen molar-refractivity contribution in [2.24, 2.45) is 17.3 Å². The Morgan fingerprint density at radius 1 is 1.38 bits per heavy atom. The van der Waals surface area contributed by atoms with Gasteiger partial charge in [0, 0.05) is 30.5 Å². The third-order valence-electron chi connectivity index (χ3n) is 5.81. The van der Waals surface area contributed by atoms with E-state index in [2.05, 4.69) is 10.6 Å². The van der Waals surface area contributed by atoms with Crippen LogP contribution in [0.25, 0.3) is 0 Å². The molecule has 0 bridgehead atoms. The Labute approximate surface area is 126 Å². The van der Waals surface area contributed by atoms with Gasteiger partial charge in [-0.2, -0.15) is 0 Å². The molecule has 3 aliphatic rings. The second-order valence-corrected chi connectivity index (χ2v) is 7.33. The van der Waals surface area contributed by atoms with Gasteiger partial charge in [-0.3, -0.25) is 0 Å². The van der Waals surface area contributed by atoms with Gasteiger partial charge in [0.25, 0.3) is 0 Å². The highest BCUT2D eigenvalue weighted by atomic mass is 16.5. The van der Waals surface area contributed by atoms with Gasteiger partial charge in [0.2, 0.25) is 0 Å². The minimum atomic E-state index is -0.486. The van der Waals surface area contributed by atoms with Crippen molar-refractivity contribution in [3.05, 3.63) is 0 Å². The molecule has 1 saturated heterocycles. The third-order valence-corrected chi connectivity index (χ3v) is 5.81. The van der Waals surface area contributed by atoms with Crippen LogP contribution in [0.2, 0.25) is 0 Å². The van der Waals surface area contributed by atoms with Gasteiger partial charge in [-0.25, -0.2) is 4.79 Å². The summed E-state index contributed by atoms with van der Waals surface area (Å²) in [6.07, 6.45) is 5.79. The molecule has 2 aliphatic carbocycles. The lowest BCUT2D eigenvalue weighted by atomic mass is 9.54. The molecule has 1 aliphatic heterocycles. The summed E-state index contributed by atoms with van der Waals surface area (Å²) in [4.78, 5) is 12.1. The van der Waals surface area contributed by atoms with E-state index in [1.165, 1.54) is 25.7 Å². The van der Waals surface area contributed by atoms with E-state index in [-0.39, 0.29) is 23.4 Å². The average Bonchev–Trinajstić information content (AvgIpc) is 3.09. The number of aliphatic hydroxyl groups excluding tert-OH is 1. The second-order valence-electron chi connectivity index (χ2n) is 7.33. The number of hydrogen-bond donors (Lipinski definition) is 3. The van der Waals surface area contributed by atoms with Crippen LogP contribution in [0.1, 0.15) is 46.0 Å². The minimum absolute atomic E-state index is 0.142. The molecule has 1 heterocycles. The zero-order valence-electron chi connectivity index (χ0n) is 13.1. The fourth-order valence-electron chi connectivity index (χ4n) is 4.53. The van der Waals surface area contributed by atoms with Crippen molar-refractivity contribution < 1.29 is 14.6 Å². The van der Waals surface area contributed by atoms with E-state index in [4.69, 9.17) is 4.74 Å². The van der Waals surface area contributed by atoms with Crippen LogP contribution in [-0.4, -0.2) is 42.5 Å². The first-order valence-corrected chi connectivity index (χ1v) is 8.38. The number of urea groups is 1. The van der Waals surface area contributed by atoms with Crippen molar-refractivity contribution in [1.29, 1.82) is 0 Å². The summed E-state index contributed by atoms with van der Waals surface area (Å²) in [5.41, 5.74) is 0.190. The van der Waals surface area contributed by atoms with Crippen LogP contribution in [0, 0.1) is 17.3 Å². The molecule has 0 aromatic rings. The van der Waals surface area contributed by atoms with Gasteiger partial charge in [0.15, 0.2) is 0 Å². The molecule has 4 unspecified atom stereocenters. The number of fused-ring (bicyclic) bond motifs is 2. The number of carbonyl (C=O) groups is 1. The second kappa shape index (κ2) is 5.76. The number of carbonyl (C=O) groups excluding carboxylic acids is 1. The number of nitrogens with one attached hydrogen (secondary N) is 2. The molecule has 3 N–H and O–H groups in total. The summed E-state index contributed by atoms with van der Waals surface area (Å²) in [6.45, 7) is 5.05. The molecule has 3 fully saturated rings. The first-order valence-electron chi connectivity index (χ1n) is 8.38. The van der Waals surface area contributed by atoms with Crippen molar-refractivity contribution in [1.82, 2.24) is 10.6 Å². The Balaban J connectivity index is 1.55. The van der Waals surface area contributed by atoms with Gasteiger partial charge < -0.3 is 20.5 Å². The Morgan fingerprint density at radius 2 is 2.10 bits per heavy atom. The molecule has 0 radical (unpaired) electrons. The van der Waals surface area contributed by atoms with Crippen LogP contribution in [-0.2, 0) is 4.74 Å². The van der Waals surface area contributed by atoms with Gasteiger partial charge in [0.1, 0.15) is 0 Å². The SMILES string of the molecule is CC(C)C(O)CNC(=O)NC1C2CCOC2C12CCCC2. The van der Waals surface area contributed by atoms with Crippen molar-refractivity contribution in [2.45, 2.75) is 64.2 Å². The zero-order chi connectivity index (χ0) is 15.0. The fourth-order valence-corrected chi connectivity index (χ4v) is 4.53. The molecule has 0 aromatic heterocycles. The molecular weight excluding hydrogens is 268 g/mol. The van der Waals surface area contributed by atoms with Gasteiger partial charge in [-0.1, -0.05) is 26.7 Å². The molecule has 120 valence electrons. The molecule has 5 heteroatoms. The molecule has 2 amide bonds. The van der Waals surface area contributed by atoms with E-state index in [1.54, 1.807) is 0 Å². The lowest BCUT2D eigenvalue weighted by Gasteiger charge is -2.56. The maximum Gasteiger partial charge on any atom is 0.315 e. The Bertz CT molecular complexity index is 393. The number of hydrogen-bond acceptors (Lipinski definition) is 3. The maximum absolute atomic E-state index is 12.1. The molecule has 21 heavy (non-hydrogen) atoms. The van der Waals surface area contributed by atoms with Crippen molar-refractivity contribution in [2.75, 3.05) is 13.2 Å². The monoisotopic (exact) mass is 296 g/mol. The van der Waals surface area contributed by atoms with Crippen molar-refractivity contribution in [3.8, 4) is 0 Å². The topological polar surface area (TPSA) is 70.6 Å². The number of amides is 2.